The van der Waals surface area contributed by atoms with Crippen molar-refractivity contribution in [2.45, 2.75) is 6.54 Å². The van der Waals surface area contributed by atoms with E-state index in [0.29, 0.717) is 6.54 Å². The second-order valence-electron chi connectivity index (χ2n) is 4.39. The number of hydrogen-bond donors (Lipinski definition) is 1. The number of aromatic amines is 1. The molecule has 0 saturated carbocycles. The molecule has 6 heteroatoms. The summed E-state index contributed by atoms with van der Waals surface area (Å²) in [7, 11) is 1.61. The highest BCUT2D eigenvalue weighted by atomic mass is 16.5. The molecule has 0 radical (unpaired) electrons. The van der Waals surface area contributed by atoms with E-state index in [-0.39, 0.29) is 5.56 Å². The monoisotopic (exact) mass is 270 g/mol. The lowest BCUT2D eigenvalue weighted by Crippen LogP contribution is -2.13. The minimum absolute atomic E-state index is 0.0923. The van der Waals surface area contributed by atoms with E-state index in [9.17, 15) is 4.79 Å². The number of methoxy groups -OCH3 is 1. The lowest BCUT2D eigenvalue weighted by Gasteiger charge is -2.04. The van der Waals surface area contributed by atoms with Crippen molar-refractivity contribution in [2.75, 3.05) is 7.11 Å². The molecule has 1 aromatic carbocycles. The SMILES string of the molecule is COc1ccc(-n2[nH]c(Cn3ccnc3)cc2=O)cc1. The van der Waals surface area contributed by atoms with Gasteiger partial charge in [0, 0.05) is 18.5 Å². The minimum atomic E-state index is -0.0923. The summed E-state index contributed by atoms with van der Waals surface area (Å²) in [5.74, 6) is 0.756. The van der Waals surface area contributed by atoms with Gasteiger partial charge in [0.2, 0.25) is 0 Å². The highest BCUT2D eigenvalue weighted by molar-refractivity contribution is 5.36. The minimum Gasteiger partial charge on any atom is -0.497 e. The first-order valence-corrected chi connectivity index (χ1v) is 6.17. The molecule has 1 N–H and O–H groups in total. The summed E-state index contributed by atoms with van der Waals surface area (Å²) in [6.45, 7) is 0.582. The molecule has 2 heterocycles. The summed E-state index contributed by atoms with van der Waals surface area (Å²) in [6.07, 6.45) is 5.27. The van der Waals surface area contributed by atoms with Crippen LogP contribution < -0.4 is 10.3 Å². The smallest absolute Gasteiger partial charge is 0.271 e. The van der Waals surface area contributed by atoms with Crippen LogP contribution in [0.3, 0.4) is 0 Å². The Morgan fingerprint density at radius 3 is 2.75 bits per heavy atom. The average Bonchev–Trinajstić information content (AvgIpc) is 3.09. The van der Waals surface area contributed by atoms with Gasteiger partial charge in [-0.1, -0.05) is 0 Å². The third-order valence-electron chi connectivity index (χ3n) is 3.02. The van der Waals surface area contributed by atoms with Crippen LogP contribution in [0, 0.1) is 0 Å². The van der Waals surface area contributed by atoms with Gasteiger partial charge < -0.3 is 9.30 Å². The van der Waals surface area contributed by atoms with Crippen molar-refractivity contribution in [3.63, 3.8) is 0 Å². The summed E-state index contributed by atoms with van der Waals surface area (Å²) >= 11 is 0. The fraction of sp³-hybridized carbons (Fsp3) is 0.143. The van der Waals surface area contributed by atoms with Gasteiger partial charge in [0.1, 0.15) is 5.75 Å². The summed E-state index contributed by atoms with van der Waals surface area (Å²) in [4.78, 5) is 16.0. The number of benzene rings is 1. The third-order valence-corrected chi connectivity index (χ3v) is 3.02. The molecule has 20 heavy (non-hydrogen) atoms. The number of rotatable bonds is 4. The van der Waals surface area contributed by atoms with Crippen molar-refractivity contribution in [2.24, 2.45) is 0 Å². The van der Waals surface area contributed by atoms with E-state index >= 15 is 0 Å². The zero-order valence-corrected chi connectivity index (χ0v) is 11.0. The van der Waals surface area contributed by atoms with Crippen molar-refractivity contribution in [1.82, 2.24) is 19.3 Å². The van der Waals surface area contributed by atoms with Crippen LogP contribution in [0.25, 0.3) is 5.69 Å². The van der Waals surface area contributed by atoms with Crippen molar-refractivity contribution in [3.8, 4) is 11.4 Å². The first kappa shape index (κ1) is 12.3. The zero-order chi connectivity index (χ0) is 13.9. The maximum absolute atomic E-state index is 12.0. The Labute approximate surface area is 115 Å². The van der Waals surface area contributed by atoms with Crippen LogP contribution in [0.5, 0.6) is 5.75 Å². The van der Waals surface area contributed by atoms with Crippen LogP contribution in [0.15, 0.2) is 53.8 Å². The molecule has 102 valence electrons. The third kappa shape index (κ3) is 2.35. The lowest BCUT2D eigenvalue weighted by atomic mass is 10.3. The van der Waals surface area contributed by atoms with Crippen LogP contribution in [0.2, 0.25) is 0 Å². The quantitative estimate of drug-likeness (QED) is 0.779. The first-order valence-electron chi connectivity index (χ1n) is 6.17. The van der Waals surface area contributed by atoms with E-state index in [4.69, 9.17) is 4.74 Å². The van der Waals surface area contributed by atoms with Gasteiger partial charge in [-0.15, -0.1) is 0 Å². The van der Waals surface area contributed by atoms with Crippen molar-refractivity contribution >= 4 is 0 Å². The molecule has 3 aromatic rings. The molecule has 3 rings (SSSR count). The van der Waals surface area contributed by atoms with Gasteiger partial charge >= 0.3 is 0 Å². The summed E-state index contributed by atoms with van der Waals surface area (Å²) in [6, 6.07) is 8.88. The van der Waals surface area contributed by atoms with E-state index in [0.717, 1.165) is 17.1 Å². The molecule has 0 unspecified atom stereocenters. The number of aromatic nitrogens is 4. The number of ether oxygens (including phenoxy) is 1. The van der Waals surface area contributed by atoms with Crippen molar-refractivity contribution in [3.05, 3.63) is 65.1 Å². The highest BCUT2D eigenvalue weighted by Crippen LogP contribution is 2.13. The molecule has 2 aromatic heterocycles. The molecular weight excluding hydrogens is 256 g/mol. The van der Waals surface area contributed by atoms with Gasteiger partial charge in [0.05, 0.1) is 31.4 Å². The van der Waals surface area contributed by atoms with Gasteiger partial charge in [-0.3, -0.25) is 9.89 Å². The molecule has 0 saturated heterocycles. The zero-order valence-electron chi connectivity index (χ0n) is 11.0. The van der Waals surface area contributed by atoms with Gasteiger partial charge in [0.25, 0.3) is 5.56 Å². The Bertz CT molecular complexity index is 738. The molecular formula is C14H14N4O2. The number of hydrogen-bond acceptors (Lipinski definition) is 3. The molecule has 0 spiro atoms. The first-order chi connectivity index (χ1) is 9.76. The molecule has 0 fully saturated rings. The van der Waals surface area contributed by atoms with Gasteiger partial charge in [-0.05, 0) is 24.3 Å². The highest BCUT2D eigenvalue weighted by Gasteiger charge is 2.05. The second kappa shape index (κ2) is 5.08. The van der Waals surface area contributed by atoms with Gasteiger partial charge in [-0.2, -0.15) is 0 Å². The molecule has 0 atom stereocenters. The van der Waals surface area contributed by atoms with E-state index in [1.165, 1.54) is 4.68 Å². The fourth-order valence-corrected chi connectivity index (χ4v) is 2.03. The molecule has 0 amide bonds. The van der Waals surface area contributed by atoms with Crippen LogP contribution >= 0.6 is 0 Å². The number of nitrogens with zero attached hydrogens (tertiary/aromatic N) is 3. The Morgan fingerprint density at radius 1 is 1.30 bits per heavy atom. The van der Waals surface area contributed by atoms with E-state index in [1.54, 1.807) is 25.7 Å². The van der Waals surface area contributed by atoms with Crippen LogP contribution in [0.1, 0.15) is 5.69 Å². The van der Waals surface area contributed by atoms with Crippen LogP contribution in [-0.2, 0) is 6.54 Å². The van der Waals surface area contributed by atoms with Crippen LogP contribution in [0.4, 0.5) is 0 Å². The number of nitrogens with one attached hydrogen (secondary N) is 1. The molecule has 0 aliphatic carbocycles. The Kier molecular flexibility index (Phi) is 3.12. The number of H-pyrrole nitrogens is 1. The average molecular weight is 270 g/mol. The molecule has 0 aliphatic heterocycles. The summed E-state index contributed by atoms with van der Waals surface area (Å²) in [5, 5.41) is 3.09. The Hall–Kier alpha value is -2.76. The maximum Gasteiger partial charge on any atom is 0.271 e. The largest absolute Gasteiger partial charge is 0.497 e. The molecule has 0 bridgehead atoms. The number of imidazole rings is 1. The fourth-order valence-electron chi connectivity index (χ4n) is 2.03. The second-order valence-corrected chi connectivity index (χ2v) is 4.39. The maximum atomic E-state index is 12.0. The van der Waals surface area contributed by atoms with E-state index in [1.807, 2.05) is 35.0 Å². The van der Waals surface area contributed by atoms with Crippen molar-refractivity contribution < 1.29 is 4.74 Å². The summed E-state index contributed by atoms with van der Waals surface area (Å²) in [5.41, 5.74) is 1.50. The van der Waals surface area contributed by atoms with Gasteiger partial charge in [-0.25, -0.2) is 9.67 Å². The van der Waals surface area contributed by atoms with E-state index in [2.05, 4.69) is 10.1 Å². The van der Waals surface area contributed by atoms with E-state index < -0.39 is 0 Å². The van der Waals surface area contributed by atoms with Gasteiger partial charge in [0.15, 0.2) is 0 Å². The predicted octanol–water partition coefficient (Wildman–Crippen LogP) is 1.42. The van der Waals surface area contributed by atoms with Crippen LogP contribution in [-0.4, -0.2) is 26.4 Å². The normalized spacial score (nSPS) is 10.7. The van der Waals surface area contributed by atoms with Crippen molar-refractivity contribution in [1.29, 1.82) is 0 Å². The molecule has 6 nitrogen and oxygen atoms in total. The standard InChI is InChI=1S/C14H14N4O2/c1-20-13-4-2-12(3-5-13)18-14(19)8-11(16-18)9-17-7-6-15-10-17/h2-8,10,16H,9H2,1H3. The Morgan fingerprint density at radius 2 is 2.10 bits per heavy atom. The molecule has 0 aliphatic rings. The summed E-state index contributed by atoms with van der Waals surface area (Å²) < 4.78 is 8.50. The predicted molar refractivity (Wildman–Crippen MR) is 74.3 cm³/mol. The lowest BCUT2D eigenvalue weighted by molar-refractivity contribution is 0.414. The topological polar surface area (TPSA) is 64.8 Å². The Balaban J connectivity index is 1.90.